The Bertz CT molecular complexity index is 2490. The molecule has 0 radical (unpaired) electrons. The van der Waals surface area contributed by atoms with Gasteiger partial charge in [0.15, 0.2) is 17.5 Å². The summed E-state index contributed by atoms with van der Waals surface area (Å²) in [5, 5.41) is 6.99. The molecule has 0 aliphatic rings. The predicted octanol–water partition coefficient (Wildman–Crippen LogP) is 10.3. The summed E-state index contributed by atoms with van der Waals surface area (Å²) in [6, 6.07) is 55.1. The van der Waals surface area contributed by atoms with Crippen LogP contribution in [0.5, 0.6) is 0 Å². The summed E-state index contributed by atoms with van der Waals surface area (Å²) in [6.45, 7) is 0. The van der Waals surface area contributed by atoms with Crippen LogP contribution in [-0.4, -0.2) is 19.5 Å². The van der Waals surface area contributed by atoms with Crippen LogP contribution < -0.4 is 0 Å². The first-order valence-electron chi connectivity index (χ1n) is 15.1. The highest BCUT2D eigenvalue weighted by molar-refractivity contribution is 6.09. The molecule has 210 valence electrons. The Balaban J connectivity index is 1.26. The van der Waals surface area contributed by atoms with E-state index in [9.17, 15) is 0 Å². The molecule has 0 aliphatic carbocycles. The van der Waals surface area contributed by atoms with Gasteiger partial charge in [-0.05, 0) is 45.8 Å². The standard InChI is InChI=1S/C41H26N4/c1-2-13-28(14-3-1)39-42-40(35-20-10-15-27-12-4-5-17-31(27)35)44-41(43-39)36-21-11-16-29-26-30(24-25-32(29)36)45-37-22-8-6-18-33(37)34-19-7-9-23-38(34)45/h1-26H. The molecule has 0 aliphatic heterocycles. The van der Waals surface area contributed by atoms with Gasteiger partial charge in [0.1, 0.15) is 0 Å². The smallest absolute Gasteiger partial charge is 0.164 e. The molecule has 0 fully saturated rings. The molecule has 0 bridgehead atoms. The van der Waals surface area contributed by atoms with Gasteiger partial charge in [-0.3, -0.25) is 0 Å². The van der Waals surface area contributed by atoms with Crippen LogP contribution in [-0.2, 0) is 0 Å². The molecule has 0 N–H and O–H groups in total. The fourth-order valence-corrected chi connectivity index (χ4v) is 6.56. The Morgan fingerprint density at radius 1 is 0.356 bits per heavy atom. The molecule has 4 nitrogen and oxygen atoms in total. The van der Waals surface area contributed by atoms with Gasteiger partial charge in [-0.15, -0.1) is 0 Å². The van der Waals surface area contributed by atoms with Crippen molar-refractivity contribution in [2.75, 3.05) is 0 Å². The van der Waals surface area contributed by atoms with Crippen molar-refractivity contribution in [1.29, 1.82) is 0 Å². The highest BCUT2D eigenvalue weighted by Crippen LogP contribution is 2.36. The number of benzene rings is 7. The SMILES string of the molecule is c1ccc(-c2nc(-c3cccc4ccccc34)nc(-c3cccc4cc(-n5c6ccccc6c6ccccc65)ccc34)n2)cc1. The predicted molar refractivity (Wildman–Crippen MR) is 185 cm³/mol. The molecular formula is C41H26N4. The number of hydrogen-bond donors (Lipinski definition) is 0. The van der Waals surface area contributed by atoms with Gasteiger partial charge >= 0.3 is 0 Å². The van der Waals surface area contributed by atoms with Crippen molar-refractivity contribution in [1.82, 2.24) is 19.5 Å². The Labute approximate surface area is 259 Å². The van der Waals surface area contributed by atoms with E-state index in [1.54, 1.807) is 0 Å². The van der Waals surface area contributed by atoms with E-state index in [2.05, 4.69) is 132 Å². The van der Waals surface area contributed by atoms with Gasteiger partial charge in [0.05, 0.1) is 11.0 Å². The summed E-state index contributed by atoms with van der Waals surface area (Å²) in [5.74, 6) is 1.97. The van der Waals surface area contributed by atoms with Gasteiger partial charge in [0.25, 0.3) is 0 Å². The molecular weight excluding hydrogens is 548 g/mol. The maximum atomic E-state index is 5.13. The second-order valence-corrected chi connectivity index (χ2v) is 11.3. The first-order valence-corrected chi connectivity index (χ1v) is 15.1. The number of hydrogen-bond acceptors (Lipinski definition) is 3. The minimum atomic E-state index is 0.655. The van der Waals surface area contributed by atoms with Crippen LogP contribution in [0, 0.1) is 0 Å². The number of nitrogens with zero attached hydrogens (tertiary/aromatic N) is 4. The molecule has 0 unspecified atom stereocenters. The first kappa shape index (κ1) is 25.4. The number of aromatic nitrogens is 4. The van der Waals surface area contributed by atoms with Crippen molar-refractivity contribution < 1.29 is 0 Å². The molecule has 0 saturated carbocycles. The molecule has 45 heavy (non-hydrogen) atoms. The summed E-state index contributed by atoms with van der Waals surface area (Å²) < 4.78 is 2.35. The quantitative estimate of drug-likeness (QED) is 0.210. The maximum absolute atomic E-state index is 5.13. The fourth-order valence-electron chi connectivity index (χ4n) is 6.56. The van der Waals surface area contributed by atoms with Gasteiger partial charge in [-0.2, -0.15) is 0 Å². The van der Waals surface area contributed by atoms with Crippen molar-refractivity contribution in [2.45, 2.75) is 0 Å². The Kier molecular flexibility index (Phi) is 5.78. The Hall–Kier alpha value is -6.13. The lowest BCUT2D eigenvalue weighted by atomic mass is 10.0. The van der Waals surface area contributed by atoms with Gasteiger partial charge in [0, 0.05) is 33.2 Å². The molecule has 7 aromatic carbocycles. The van der Waals surface area contributed by atoms with E-state index in [4.69, 9.17) is 15.0 Å². The number of fused-ring (bicyclic) bond motifs is 5. The van der Waals surface area contributed by atoms with Gasteiger partial charge < -0.3 is 4.57 Å². The van der Waals surface area contributed by atoms with Crippen molar-refractivity contribution in [3.63, 3.8) is 0 Å². The van der Waals surface area contributed by atoms with Crippen molar-refractivity contribution >= 4 is 43.4 Å². The zero-order chi connectivity index (χ0) is 29.7. The average Bonchev–Trinajstić information content (AvgIpc) is 3.45. The summed E-state index contributed by atoms with van der Waals surface area (Å²) in [5.41, 5.74) is 6.42. The molecule has 0 spiro atoms. The zero-order valence-corrected chi connectivity index (χ0v) is 24.3. The van der Waals surface area contributed by atoms with E-state index in [0.717, 1.165) is 43.9 Å². The van der Waals surface area contributed by atoms with Crippen LogP contribution >= 0.6 is 0 Å². The molecule has 4 heteroatoms. The normalized spacial score (nSPS) is 11.6. The Morgan fingerprint density at radius 3 is 1.56 bits per heavy atom. The van der Waals surface area contributed by atoms with Crippen molar-refractivity contribution in [3.8, 4) is 39.9 Å². The van der Waals surface area contributed by atoms with Crippen LogP contribution in [0.2, 0.25) is 0 Å². The molecule has 9 aromatic rings. The van der Waals surface area contributed by atoms with Crippen LogP contribution in [0.3, 0.4) is 0 Å². The lowest BCUT2D eigenvalue weighted by molar-refractivity contribution is 1.08. The van der Waals surface area contributed by atoms with E-state index in [1.165, 1.54) is 21.8 Å². The van der Waals surface area contributed by atoms with E-state index >= 15 is 0 Å². The molecule has 0 atom stereocenters. The summed E-state index contributed by atoms with van der Waals surface area (Å²) in [7, 11) is 0. The third kappa shape index (κ3) is 4.19. The topological polar surface area (TPSA) is 43.6 Å². The largest absolute Gasteiger partial charge is 0.309 e. The fraction of sp³-hybridized carbons (Fsp3) is 0. The minimum absolute atomic E-state index is 0.655. The highest BCUT2D eigenvalue weighted by Gasteiger charge is 2.17. The van der Waals surface area contributed by atoms with Crippen LogP contribution in [0.1, 0.15) is 0 Å². The van der Waals surface area contributed by atoms with Gasteiger partial charge in [-0.1, -0.05) is 133 Å². The van der Waals surface area contributed by atoms with E-state index in [-0.39, 0.29) is 0 Å². The minimum Gasteiger partial charge on any atom is -0.309 e. The van der Waals surface area contributed by atoms with Crippen LogP contribution in [0.15, 0.2) is 158 Å². The highest BCUT2D eigenvalue weighted by atomic mass is 15.0. The van der Waals surface area contributed by atoms with Crippen molar-refractivity contribution in [3.05, 3.63) is 158 Å². The van der Waals surface area contributed by atoms with Crippen molar-refractivity contribution in [2.24, 2.45) is 0 Å². The summed E-state index contributed by atoms with van der Waals surface area (Å²) in [4.78, 5) is 15.2. The molecule has 2 heterocycles. The van der Waals surface area contributed by atoms with Crippen LogP contribution in [0.25, 0.3) is 83.2 Å². The van der Waals surface area contributed by atoms with E-state index < -0.39 is 0 Å². The lowest BCUT2D eigenvalue weighted by Crippen LogP contribution is -2.01. The number of para-hydroxylation sites is 2. The number of rotatable bonds is 4. The summed E-state index contributed by atoms with van der Waals surface area (Å²) >= 11 is 0. The van der Waals surface area contributed by atoms with E-state index in [0.29, 0.717) is 17.5 Å². The zero-order valence-electron chi connectivity index (χ0n) is 24.3. The third-order valence-electron chi connectivity index (χ3n) is 8.64. The molecule has 0 amide bonds. The van der Waals surface area contributed by atoms with Crippen LogP contribution in [0.4, 0.5) is 0 Å². The monoisotopic (exact) mass is 574 g/mol. The second-order valence-electron chi connectivity index (χ2n) is 11.3. The first-order chi connectivity index (χ1) is 22.3. The van der Waals surface area contributed by atoms with Gasteiger partial charge in [-0.25, -0.2) is 15.0 Å². The Morgan fingerprint density at radius 2 is 0.867 bits per heavy atom. The summed E-state index contributed by atoms with van der Waals surface area (Å²) in [6.07, 6.45) is 0. The maximum Gasteiger partial charge on any atom is 0.164 e. The lowest BCUT2D eigenvalue weighted by Gasteiger charge is -2.13. The van der Waals surface area contributed by atoms with Gasteiger partial charge in [0.2, 0.25) is 0 Å². The molecule has 9 rings (SSSR count). The average molecular weight is 575 g/mol. The molecule has 2 aromatic heterocycles. The third-order valence-corrected chi connectivity index (χ3v) is 8.64. The second kappa shape index (κ2) is 10.2. The van der Waals surface area contributed by atoms with E-state index in [1.807, 2.05) is 30.3 Å². The molecule has 0 saturated heterocycles.